The number of carbonyl (C=O) groups is 2. The Morgan fingerprint density at radius 2 is 1.96 bits per heavy atom. The number of likely N-dealkylation sites (tertiary alicyclic amines) is 1. The summed E-state index contributed by atoms with van der Waals surface area (Å²) in [6.07, 6.45) is 1.79. The summed E-state index contributed by atoms with van der Waals surface area (Å²) >= 11 is 0. The molecule has 2 atom stereocenters. The largest absolute Gasteiger partial charge is 0.356 e. The predicted octanol–water partition coefficient (Wildman–Crippen LogP) is 1.82. The van der Waals surface area contributed by atoms with Gasteiger partial charge in [-0.05, 0) is 44.3 Å². The minimum Gasteiger partial charge on any atom is -0.356 e. The number of likely N-dealkylation sites (N-methyl/N-ethyl adjacent to an activating group) is 1. The zero-order valence-corrected chi connectivity index (χ0v) is 16.4. The third-order valence-corrected chi connectivity index (χ3v) is 5.67. The maximum atomic E-state index is 13.2. The first-order valence-electron chi connectivity index (χ1n) is 10.1. The highest BCUT2D eigenvalue weighted by Gasteiger charge is 2.38. The quantitative estimate of drug-likeness (QED) is 0.826. The smallest absolute Gasteiger partial charge is 0.254 e. The fraction of sp³-hybridized carbons (Fsp3) is 0.619. The molecular weight excluding hydrogens is 342 g/mol. The van der Waals surface area contributed by atoms with Crippen LogP contribution in [0.25, 0.3) is 0 Å². The summed E-state index contributed by atoms with van der Waals surface area (Å²) in [5.41, 5.74) is 0.893. The fourth-order valence-corrected chi connectivity index (χ4v) is 3.84. The number of carbonyl (C=O) groups excluding carboxylic acids is 2. The molecule has 0 aliphatic carbocycles. The summed E-state index contributed by atoms with van der Waals surface area (Å²) in [6.45, 7) is 8.66. The Balaban J connectivity index is 1.64. The maximum absolute atomic E-state index is 13.2. The van der Waals surface area contributed by atoms with Crippen molar-refractivity contribution in [2.45, 2.75) is 38.8 Å². The summed E-state index contributed by atoms with van der Waals surface area (Å²) < 4.78 is 5.69. The van der Waals surface area contributed by atoms with Gasteiger partial charge in [0.05, 0.1) is 6.04 Å². The van der Waals surface area contributed by atoms with E-state index < -0.39 is 12.1 Å². The molecule has 27 heavy (non-hydrogen) atoms. The molecule has 0 aromatic heterocycles. The highest BCUT2D eigenvalue weighted by atomic mass is 16.5. The fourth-order valence-electron chi connectivity index (χ4n) is 3.84. The Hall–Kier alpha value is -1.92. The Morgan fingerprint density at radius 3 is 2.63 bits per heavy atom. The predicted molar refractivity (Wildman–Crippen MR) is 104 cm³/mol. The standard InChI is InChI=1S/C21H31N3O3/c1-3-24(14-13-23-11-9-16(2)10-12-23)21(26)20-19(22-18(25)15-27-20)17-7-5-4-6-8-17/h4-8,16,19-20H,3,9-15H2,1-2H3,(H,22,25)/t19-,20+/m1/s1. The van der Waals surface area contributed by atoms with Crippen LogP contribution in [-0.2, 0) is 14.3 Å². The average molecular weight is 373 g/mol. The van der Waals surface area contributed by atoms with Gasteiger partial charge in [-0.15, -0.1) is 0 Å². The van der Waals surface area contributed by atoms with E-state index in [9.17, 15) is 9.59 Å². The highest BCUT2D eigenvalue weighted by Crippen LogP contribution is 2.24. The molecule has 2 saturated heterocycles. The number of nitrogens with one attached hydrogen (secondary N) is 1. The number of morpholine rings is 1. The van der Waals surface area contributed by atoms with Crippen LogP contribution in [0.15, 0.2) is 30.3 Å². The summed E-state index contributed by atoms with van der Waals surface area (Å²) in [7, 11) is 0. The Kier molecular flexibility index (Phi) is 6.85. The van der Waals surface area contributed by atoms with Crippen LogP contribution in [-0.4, -0.2) is 67.0 Å². The lowest BCUT2D eigenvalue weighted by Gasteiger charge is -2.36. The van der Waals surface area contributed by atoms with Gasteiger partial charge in [-0.3, -0.25) is 9.59 Å². The molecule has 6 nitrogen and oxygen atoms in total. The van der Waals surface area contributed by atoms with E-state index in [4.69, 9.17) is 4.74 Å². The normalized spacial score (nSPS) is 24.4. The molecule has 0 radical (unpaired) electrons. The molecule has 0 saturated carbocycles. The molecule has 1 aromatic carbocycles. The highest BCUT2D eigenvalue weighted by molar-refractivity contribution is 5.86. The molecule has 0 spiro atoms. The minimum atomic E-state index is -0.675. The van der Waals surface area contributed by atoms with Crippen molar-refractivity contribution < 1.29 is 14.3 Å². The number of ether oxygens (including phenoxy) is 1. The van der Waals surface area contributed by atoms with Crippen LogP contribution in [0.2, 0.25) is 0 Å². The van der Waals surface area contributed by atoms with E-state index in [1.807, 2.05) is 42.2 Å². The maximum Gasteiger partial charge on any atom is 0.254 e. The molecule has 148 valence electrons. The summed E-state index contributed by atoms with van der Waals surface area (Å²) in [4.78, 5) is 29.3. The van der Waals surface area contributed by atoms with Gasteiger partial charge < -0.3 is 19.9 Å². The summed E-state index contributed by atoms with van der Waals surface area (Å²) in [6, 6.07) is 9.14. The molecule has 3 rings (SSSR count). The second kappa shape index (κ2) is 9.33. The van der Waals surface area contributed by atoms with Crippen LogP contribution in [0.3, 0.4) is 0 Å². The number of amides is 2. The van der Waals surface area contributed by atoms with E-state index in [0.717, 1.165) is 31.1 Å². The van der Waals surface area contributed by atoms with Gasteiger partial charge in [0.15, 0.2) is 6.10 Å². The van der Waals surface area contributed by atoms with Crippen LogP contribution in [0, 0.1) is 5.92 Å². The van der Waals surface area contributed by atoms with Crippen molar-refractivity contribution in [2.24, 2.45) is 5.92 Å². The molecular formula is C21H31N3O3. The average Bonchev–Trinajstić information content (AvgIpc) is 2.70. The number of piperidine rings is 1. The number of rotatable bonds is 6. The molecule has 1 N–H and O–H groups in total. The van der Waals surface area contributed by atoms with E-state index >= 15 is 0 Å². The Bertz CT molecular complexity index is 629. The second-order valence-electron chi connectivity index (χ2n) is 7.63. The van der Waals surface area contributed by atoms with Crippen LogP contribution >= 0.6 is 0 Å². The molecule has 0 unspecified atom stereocenters. The van der Waals surface area contributed by atoms with Gasteiger partial charge in [0.2, 0.25) is 5.91 Å². The van der Waals surface area contributed by atoms with Crippen LogP contribution in [0.1, 0.15) is 38.3 Å². The first-order valence-corrected chi connectivity index (χ1v) is 10.1. The van der Waals surface area contributed by atoms with Gasteiger partial charge in [-0.2, -0.15) is 0 Å². The molecule has 2 heterocycles. The van der Waals surface area contributed by atoms with Gasteiger partial charge in [-0.25, -0.2) is 0 Å². The topological polar surface area (TPSA) is 61.9 Å². The lowest BCUT2D eigenvalue weighted by Crippen LogP contribution is -2.54. The zero-order valence-electron chi connectivity index (χ0n) is 16.4. The minimum absolute atomic E-state index is 0.0447. The first kappa shape index (κ1) is 19.8. The number of nitrogens with zero attached hydrogens (tertiary/aromatic N) is 2. The van der Waals surface area contributed by atoms with E-state index in [2.05, 4.69) is 17.1 Å². The first-order chi connectivity index (χ1) is 13.1. The number of benzene rings is 1. The van der Waals surface area contributed by atoms with Crippen LogP contribution in [0.4, 0.5) is 0 Å². The molecule has 0 bridgehead atoms. The van der Waals surface area contributed by atoms with Crippen molar-refractivity contribution in [3.63, 3.8) is 0 Å². The molecule has 1 aromatic rings. The van der Waals surface area contributed by atoms with Gasteiger partial charge in [0.1, 0.15) is 6.61 Å². The van der Waals surface area contributed by atoms with Crippen molar-refractivity contribution in [1.29, 1.82) is 0 Å². The molecule has 2 aliphatic heterocycles. The second-order valence-corrected chi connectivity index (χ2v) is 7.63. The van der Waals surface area contributed by atoms with Gasteiger partial charge in [0.25, 0.3) is 5.91 Å². The Morgan fingerprint density at radius 1 is 1.26 bits per heavy atom. The van der Waals surface area contributed by atoms with Crippen LogP contribution < -0.4 is 5.32 Å². The van der Waals surface area contributed by atoms with E-state index in [-0.39, 0.29) is 18.4 Å². The zero-order chi connectivity index (χ0) is 19.2. The van der Waals surface area contributed by atoms with Crippen molar-refractivity contribution in [3.8, 4) is 0 Å². The third kappa shape index (κ3) is 5.08. The SMILES string of the molecule is CCN(CCN1CCC(C)CC1)C(=O)[C@H]1OCC(=O)N[C@@H]1c1ccccc1. The van der Waals surface area contributed by atoms with Gasteiger partial charge in [-0.1, -0.05) is 37.3 Å². The molecule has 2 amide bonds. The summed E-state index contributed by atoms with van der Waals surface area (Å²) in [5.74, 6) is 0.575. The van der Waals surface area contributed by atoms with E-state index in [1.165, 1.54) is 12.8 Å². The lowest BCUT2D eigenvalue weighted by atomic mass is 9.98. The monoisotopic (exact) mass is 373 g/mol. The van der Waals surface area contributed by atoms with Gasteiger partial charge in [0, 0.05) is 19.6 Å². The van der Waals surface area contributed by atoms with Crippen molar-refractivity contribution in [1.82, 2.24) is 15.1 Å². The summed E-state index contributed by atoms with van der Waals surface area (Å²) in [5, 5.41) is 2.93. The van der Waals surface area contributed by atoms with Crippen molar-refractivity contribution in [3.05, 3.63) is 35.9 Å². The van der Waals surface area contributed by atoms with Crippen molar-refractivity contribution in [2.75, 3.05) is 39.3 Å². The van der Waals surface area contributed by atoms with Gasteiger partial charge >= 0.3 is 0 Å². The number of hydrogen-bond donors (Lipinski definition) is 1. The van der Waals surface area contributed by atoms with Crippen molar-refractivity contribution >= 4 is 11.8 Å². The lowest BCUT2D eigenvalue weighted by molar-refractivity contribution is -0.155. The molecule has 6 heteroatoms. The molecule has 2 fully saturated rings. The van der Waals surface area contributed by atoms with Crippen LogP contribution in [0.5, 0.6) is 0 Å². The number of hydrogen-bond acceptors (Lipinski definition) is 4. The third-order valence-electron chi connectivity index (χ3n) is 5.67. The molecule has 2 aliphatic rings. The van der Waals surface area contributed by atoms with E-state index in [0.29, 0.717) is 13.1 Å². The van der Waals surface area contributed by atoms with E-state index in [1.54, 1.807) is 0 Å². The Labute approximate surface area is 161 Å².